The molecule has 0 saturated carbocycles. The van der Waals surface area contributed by atoms with Gasteiger partial charge in [-0.3, -0.25) is 8.97 Å². The van der Waals surface area contributed by atoms with E-state index >= 15 is 0 Å². The van der Waals surface area contributed by atoms with Gasteiger partial charge in [0.05, 0.1) is 38.7 Å². The molecular formula is C39H42N2O2+2. The molecule has 43 heavy (non-hydrogen) atoms. The number of benzene rings is 4. The lowest BCUT2D eigenvalue weighted by Gasteiger charge is -2.34. The van der Waals surface area contributed by atoms with Crippen molar-refractivity contribution in [1.82, 2.24) is 8.97 Å². The number of hydrogen-bond acceptors (Lipinski definition) is 2. The first kappa shape index (κ1) is 28.7. The quantitative estimate of drug-likeness (QED) is 0.179. The fourth-order valence-electron chi connectivity index (χ4n) is 7.68. The van der Waals surface area contributed by atoms with E-state index in [4.69, 9.17) is 0 Å². The SMILES string of the molecule is CC[N+]1(CC)C(C=CC=CC=CC=C2C(C)c3c(ccc4cc(O)ccc34)[N+]2(C)C)=C(C)c2c1ccc1cc(O)ccc21. The highest BCUT2D eigenvalue weighted by Gasteiger charge is 2.43. The summed E-state index contributed by atoms with van der Waals surface area (Å²) in [6.45, 7) is 11.0. The third-order valence-corrected chi connectivity index (χ3v) is 9.85. The topological polar surface area (TPSA) is 40.5 Å². The normalized spacial score (nSPS) is 20.0. The number of hydrogen-bond donors (Lipinski definition) is 2. The number of rotatable bonds is 6. The van der Waals surface area contributed by atoms with Crippen molar-refractivity contribution < 1.29 is 10.2 Å². The number of allylic oxidation sites excluding steroid dienone is 9. The van der Waals surface area contributed by atoms with E-state index in [-0.39, 0.29) is 5.92 Å². The number of quaternary nitrogens is 2. The molecular weight excluding hydrogens is 528 g/mol. The maximum Gasteiger partial charge on any atom is 0.146 e. The summed E-state index contributed by atoms with van der Waals surface area (Å²) < 4.78 is 1.54. The monoisotopic (exact) mass is 570 g/mol. The average molecular weight is 571 g/mol. The summed E-state index contributed by atoms with van der Waals surface area (Å²) in [4.78, 5) is 0. The largest absolute Gasteiger partial charge is 0.508 e. The van der Waals surface area contributed by atoms with Crippen molar-refractivity contribution in [3.05, 3.63) is 126 Å². The van der Waals surface area contributed by atoms with Crippen molar-refractivity contribution in [2.24, 2.45) is 0 Å². The number of fused-ring (bicyclic) bond motifs is 6. The van der Waals surface area contributed by atoms with Gasteiger partial charge < -0.3 is 10.2 Å². The molecule has 0 bridgehead atoms. The Morgan fingerprint density at radius 1 is 0.721 bits per heavy atom. The predicted octanol–water partition coefficient (Wildman–Crippen LogP) is 9.43. The maximum atomic E-state index is 10.0. The van der Waals surface area contributed by atoms with Gasteiger partial charge in [0, 0.05) is 23.3 Å². The van der Waals surface area contributed by atoms with Gasteiger partial charge in [-0.15, -0.1) is 0 Å². The fourth-order valence-corrected chi connectivity index (χ4v) is 7.68. The maximum absolute atomic E-state index is 10.0. The van der Waals surface area contributed by atoms with Crippen molar-refractivity contribution in [3.63, 3.8) is 0 Å². The third-order valence-electron chi connectivity index (χ3n) is 9.85. The van der Waals surface area contributed by atoms with E-state index in [1.54, 1.807) is 12.1 Å². The highest BCUT2D eigenvalue weighted by Crippen LogP contribution is 2.50. The Morgan fingerprint density at radius 3 is 1.98 bits per heavy atom. The van der Waals surface area contributed by atoms with Gasteiger partial charge in [0.15, 0.2) is 0 Å². The van der Waals surface area contributed by atoms with Gasteiger partial charge in [-0.05, 0) is 104 Å². The molecule has 0 aromatic heterocycles. The van der Waals surface area contributed by atoms with E-state index in [1.165, 1.54) is 50.2 Å². The smallest absolute Gasteiger partial charge is 0.146 e. The summed E-state index contributed by atoms with van der Waals surface area (Å²) in [5.74, 6) is 0.885. The van der Waals surface area contributed by atoms with Crippen LogP contribution in [0.1, 0.15) is 44.7 Å². The molecule has 2 aliphatic rings. The minimum absolute atomic E-state index is 0.278. The summed E-state index contributed by atoms with van der Waals surface area (Å²) >= 11 is 0. The van der Waals surface area contributed by atoms with E-state index in [9.17, 15) is 10.2 Å². The number of aromatic hydroxyl groups is 2. The van der Waals surface area contributed by atoms with Gasteiger partial charge in [0.25, 0.3) is 0 Å². The Hall–Kier alpha value is -4.38. The molecule has 0 amide bonds. The van der Waals surface area contributed by atoms with Crippen molar-refractivity contribution in [2.75, 3.05) is 27.2 Å². The second-order valence-electron chi connectivity index (χ2n) is 12.3. The van der Waals surface area contributed by atoms with Crippen molar-refractivity contribution in [1.29, 1.82) is 0 Å². The van der Waals surface area contributed by atoms with E-state index in [1.807, 2.05) is 18.2 Å². The van der Waals surface area contributed by atoms with Crippen molar-refractivity contribution in [3.8, 4) is 11.5 Å². The first-order chi connectivity index (χ1) is 20.6. The first-order valence-corrected chi connectivity index (χ1v) is 15.3. The third kappa shape index (κ3) is 4.45. The molecule has 4 nitrogen and oxygen atoms in total. The molecule has 4 aromatic rings. The minimum Gasteiger partial charge on any atom is -0.508 e. The molecule has 0 radical (unpaired) electrons. The summed E-state index contributed by atoms with van der Waals surface area (Å²) in [5, 5.41) is 24.6. The molecule has 0 aliphatic carbocycles. The van der Waals surface area contributed by atoms with Gasteiger partial charge in [0.1, 0.15) is 34.3 Å². The van der Waals surface area contributed by atoms with Crippen LogP contribution in [0.25, 0.3) is 27.1 Å². The molecule has 2 heterocycles. The molecule has 6 rings (SSSR count). The van der Waals surface area contributed by atoms with Crippen LogP contribution in [0.2, 0.25) is 0 Å². The highest BCUT2D eigenvalue weighted by atomic mass is 16.3. The Kier molecular flexibility index (Phi) is 7.16. The molecule has 0 saturated heterocycles. The van der Waals surface area contributed by atoms with E-state index in [2.05, 4.69) is 115 Å². The lowest BCUT2D eigenvalue weighted by atomic mass is 9.94. The van der Waals surface area contributed by atoms with Gasteiger partial charge in [0.2, 0.25) is 0 Å². The Morgan fingerprint density at radius 2 is 1.30 bits per heavy atom. The number of nitrogens with zero attached hydrogens (tertiary/aromatic N) is 2. The van der Waals surface area contributed by atoms with Crippen LogP contribution in [-0.2, 0) is 0 Å². The van der Waals surface area contributed by atoms with Gasteiger partial charge in [-0.2, -0.15) is 0 Å². The molecule has 1 atom stereocenters. The van der Waals surface area contributed by atoms with E-state index in [0.717, 1.165) is 32.8 Å². The van der Waals surface area contributed by atoms with Crippen molar-refractivity contribution >= 4 is 38.5 Å². The molecule has 2 aliphatic heterocycles. The Balaban J connectivity index is 1.25. The zero-order chi connectivity index (χ0) is 30.5. The van der Waals surface area contributed by atoms with E-state index in [0.29, 0.717) is 11.5 Å². The molecule has 4 aromatic carbocycles. The Bertz CT molecular complexity index is 1920. The molecule has 1 unspecified atom stereocenters. The van der Waals surface area contributed by atoms with Crippen LogP contribution in [0.3, 0.4) is 0 Å². The summed E-state index contributed by atoms with van der Waals surface area (Å²) in [6.07, 6.45) is 15.1. The minimum atomic E-state index is 0.278. The van der Waals surface area contributed by atoms with Crippen LogP contribution in [0.4, 0.5) is 11.4 Å². The predicted molar refractivity (Wildman–Crippen MR) is 184 cm³/mol. The van der Waals surface area contributed by atoms with Crippen LogP contribution in [0.15, 0.2) is 115 Å². The Labute approximate surface area is 255 Å². The average Bonchev–Trinajstić information content (AvgIpc) is 3.35. The van der Waals surface area contributed by atoms with Crippen LogP contribution >= 0.6 is 0 Å². The number of phenolic OH excluding ortho intramolecular Hbond substituents is 2. The summed E-state index contributed by atoms with van der Waals surface area (Å²) in [7, 11) is 4.50. The highest BCUT2D eigenvalue weighted by molar-refractivity contribution is 6.03. The van der Waals surface area contributed by atoms with Crippen LogP contribution in [0.5, 0.6) is 11.5 Å². The standard InChI is InChI=1S/C39H40N2O2/c1-7-41(8-2)35(27(4)39-33-21-19-31(43)25-29(33)17-23-37(39)41)15-13-11-9-10-12-14-34-26(3)38-32-20-18-30(42)24-28(32)16-22-36(38)40(34,5)6/h9-26H,7-8H2,1-6H3/p+2. The van der Waals surface area contributed by atoms with E-state index < -0.39 is 0 Å². The van der Waals surface area contributed by atoms with Crippen LogP contribution in [0, 0.1) is 0 Å². The van der Waals surface area contributed by atoms with Crippen molar-refractivity contribution in [2.45, 2.75) is 33.6 Å². The number of phenols is 2. The first-order valence-electron chi connectivity index (χ1n) is 15.3. The molecule has 0 fully saturated rings. The number of likely N-dealkylation sites (N-methyl/N-ethyl adjacent to an activating group) is 2. The second-order valence-corrected chi connectivity index (χ2v) is 12.3. The molecule has 218 valence electrons. The molecule has 2 N–H and O–H groups in total. The van der Waals surface area contributed by atoms with Crippen LogP contribution < -0.4 is 8.97 Å². The summed E-state index contributed by atoms with van der Waals surface area (Å²) in [5.41, 5.74) is 9.27. The zero-order valence-corrected chi connectivity index (χ0v) is 26.1. The fraction of sp³-hybridized carbons (Fsp3) is 0.231. The zero-order valence-electron chi connectivity index (χ0n) is 26.1. The van der Waals surface area contributed by atoms with Gasteiger partial charge >= 0.3 is 0 Å². The lowest BCUT2D eigenvalue weighted by molar-refractivity contribution is 0.393. The second kappa shape index (κ2) is 10.7. The summed E-state index contributed by atoms with van der Waals surface area (Å²) in [6, 6.07) is 20.1. The lowest BCUT2D eigenvalue weighted by Crippen LogP contribution is -2.45. The van der Waals surface area contributed by atoms with Crippen LogP contribution in [-0.4, -0.2) is 37.4 Å². The molecule has 4 heteroatoms. The molecule has 0 spiro atoms. The van der Waals surface area contributed by atoms with Gasteiger partial charge in [-0.1, -0.05) is 36.4 Å². The van der Waals surface area contributed by atoms with Gasteiger partial charge in [-0.25, -0.2) is 0 Å².